The van der Waals surface area contributed by atoms with Crippen molar-refractivity contribution in [1.82, 2.24) is 10.6 Å². The number of hydrogen-bond acceptors (Lipinski definition) is 4. The van der Waals surface area contributed by atoms with Gasteiger partial charge in [0, 0.05) is 37.3 Å². The van der Waals surface area contributed by atoms with Gasteiger partial charge in [-0.25, -0.2) is 4.99 Å². The molecule has 2 heterocycles. The molecule has 7 heteroatoms. The zero-order valence-corrected chi connectivity index (χ0v) is 21.8. The summed E-state index contributed by atoms with van der Waals surface area (Å²) in [4.78, 5) is 7.18. The number of furan rings is 1. The summed E-state index contributed by atoms with van der Waals surface area (Å²) in [6.07, 6.45) is 2.12. The summed E-state index contributed by atoms with van der Waals surface area (Å²) in [6, 6.07) is 18.8. The first-order chi connectivity index (χ1) is 15.7. The zero-order valence-electron chi connectivity index (χ0n) is 19.5. The van der Waals surface area contributed by atoms with E-state index in [1.807, 2.05) is 18.2 Å². The van der Waals surface area contributed by atoms with Gasteiger partial charge >= 0.3 is 0 Å². The fourth-order valence-electron chi connectivity index (χ4n) is 4.17. The fraction of sp³-hybridized carbons (Fsp3) is 0.423. The number of aliphatic hydroxyl groups excluding tert-OH is 1. The summed E-state index contributed by atoms with van der Waals surface area (Å²) in [6.45, 7) is 7.88. The van der Waals surface area contributed by atoms with Crippen LogP contribution >= 0.6 is 24.0 Å². The Morgan fingerprint density at radius 2 is 1.88 bits per heavy atom. The molecule has 0 amide bonds. The first kappa shape index (κ1) is 25.4. The number of fused-ring (bicyclic) bond motifs is 1. The first-order valence-electron chi connectivity index (χ1n) is 11.6. The molecule has 3 aromatic rings. The van der Waals surface area contributed by atoms with Crippen molar-refractivity contribution in [3.8, 4) is 0 Å². The largest absolute Gasteiger partial charge is 0.459 e. The number of para-hydroxylation sites is 1. The normalized spacial score (nSPS) is 15.8. The maximum atomic E-state index is 9.33. The molecule has 1 atom stereocenters. The van der Waals surface area contributed by atoms with Crippen LogP contribution in [0.15, 0.2) is 64.0 Å². The van der Waals surface area contributed by atoms with Gasteiger partial charge in [0.1, 0.15) is 11.3 Å². The summed E-state index contributed by atoms with van der Waals surface area (Å²) < 4.78 is 5.99. The van der Waals surface area contributed by atoms with Gasteiger partial charge in [-0.2, -0.15) is 0 Å². The van der Waals surface area contributed by atoms with Crippen molar-refractivity contribution in [2.24, 2.45) is 10.9 Å². The quantitative estimate of drug-likeness (QED) is 0.213. The highest BCUT2D eigenvalue weighted by molar-refractivity contribution is 14.0. The van der Waals surface area contributed by atoms with Gasteiger partial charge in [-0.15, -0.1) is 24.0 Å². The number of piperidine rings is 1. The van der Waals surface area contributed by atoms with Crippen LogP contribution in [0.1, 0.15) is 44.1 Å². The molecule has 0 spiro atoms. The van der Waals surface area contributed by atoms with Crippen molar-refractivity contribution >= 4 is 46.6 Å². The van der Waals surface area contributed by atoms with Crippen LogP contribution in [0.4, 0.5) is 5.69 Å². The van der Waals surface area contributed by atoms with Crippen molar-refractivity contribution in [3.63, 3.8) is 0 Å². The van der Waals surface area contributed by atoms with Crippen LogP contribution in [-0.2, 0) is 6.54 Å². The predicted octanol–water partition coefficient (Wildman–Crippen LogP) is 5.08. The van der Waals surface area contributed by atoms with Crippen molar-refractivity contribution in [3.05, 3.63) is 65.9 Å². The van der Waals surface area contributed by atoms with Crippen LogP contribution in [0.3, 0.4) is 0 Å². The summed E-state index contributed by atoms with van der Waals surface area (Å²) in [5.41, 5.74) is 3.32. The second-order valence-electron chi connectivity index (χ2n) is 8.53. The second kappa shape index (κ2) is 12.3. The Balaban J connectivity index is 0.00000306. The molecule has 33 heavy (non-hydrogen) atoms. The van der Waals surface area contributed by atoms with Crippen LogP contribution in [0, 0.1) is 5.92 Å². The average molecular weight is 562 g/mol. The first-order valence-corrected chi connectivity index (χ1v) is 11.6. The van der Waals surface area contributed by atoms with E-state index in [4.69, 9.17) is 9.41 Å². The lowest BCUT2D eigenvalue weighted by atomic mass is 9.97. The monoisotopic (exact) mass is 562 g/mol. The molecule has 1 fully saturated rings. The number of nitrogens with one attached hydrogen (secondary N) is 2. The van der Waals surface area contributed by atoms with Crippen LogP contribution < -0.4 is 15.5 Å². The van der Waals surface area contributed by atoms with E-state index in [9.17, 15) is 5.11 Å². The molecule has 2 aromatic carbocycles. The van der Waals surface area contributed by atoms with E-state index >= 15 is 0 Å². The number of rotatable bonds is 7. The van der Waals surface area contributed by atoms with Gasteiger partial charge < -0.3 is 25.1 Å². The Labute approximate surface area is 213 Å². The summed E-state index contributed by atoms with van der Waals surface area (Å²) in [7, 11) is 0. The van der Waals surface area contributed by atoms with Gasteiger partial charge in [-0.3, -0.25) is 0 Å². The lowest BCUT2D eigenvalue weighted by molar-refractivity contribution is 0.203. The smallest absolute Gasteiger partial charge is 0.192 e. The lowest BCUT2D eigenvalue weighted by Crippen LogP contribution is -2.38. The van der Waals surface area contributed by atoms with Crippen molar-refractivity contribution < 1.29 is 9.52 Å². The Bertz CT molecular complexity index is 993. The molecule has 1 saturated heterocycles. The van der Waals surface area contributed by atoms with Crippen molar-refractivity contribution in [2.75, 3.05) is 31.1 Å². The van der Waals surface area contributed by atoms with E-state index in [-0.39, 0.29) is 30.0 Å². The molecule has 0 saturated carbocycles. The SMILES string of the molecule is CCNC(=NCc1ccc(N2CCC(CO)CC2)cc1)NC(C)c1cc2ccccc2o1.I. The third-order valence-electron chi connectivity index (χ3n) is 6.16. The van der Waals surface area contributed by atoms with Gasteiger partial charge in [0.05, 0.1) is 12.6 Å². The molecule has 4 rings (SSSR count). The minimum absolute atomic E-state index is 0. The predicted molar refractivity (Wildman–Crippen MR) is 146 cm³/mol. The molecule has 3 N–H and O–H groups in total. The van der Waals surface area contributed by atoms with E-state index < -0.39 is 0 Å². The number of guanidine groups is 1. The number of hydrogen-bond donors (Lipinski definition) is 3. The molecule has 1 aromatic heterocycles. The summed E-state index contributed by atoms with van der Waals surface area (Å²) in [5, 5.41) is 17.2. The molecule has 0 bridgehead atoms. The lowest BCUT2D eigenvalue weighted by Gasteiger charge is -2.32. The molecule has 0 aliphatic carbocycles. The van der Waals surface area contributed by atoms with Crippen LogP contribution in [0.5, 0.6) is 0 Å². The van der Waals surface area contributed by atoms with Crippen LogP contribution in [0.25, 0.3) is 11.0 Å². The summed E-state index contributed by atoms with van der Waals surface area (Å²) >= 11 is 0. The molecule has 1 aliphatic rings. The van der Waals surface area contributed by atoms with E-state index in [2.05, 4.69) is 65.8 Å². The van der Waals surface area contributed by atoms with Crippen molar-refractivity contribution in [2.45, 2.75) is 39.3 Å². The van der Waals surface area contributed by atoms with E-state index in [1.165, 1.54) is 11.3 Å². The van der Waals surface area contributed by atoms with E-state index in [0.717, 1.165) is 55.2 Å². The van der Waals surface area contributed by atoms with Gasteiger partial charge in [-0.05, 0) is 62.4 Å². The van der Waals surface area contributed by atoms with Crippen LogP contribution in [-0.4, -0.2) is 37.3 Å². The van der Waals surface area contributed by atoms with Crippen LogP contribution in [0.2, 0.25) is 0 Å². The zero-order chi connectivity index (χ0) is 22.3. The highest BCUT2D eigenvalue weighted by Crippen LogP contribution is 2.24. The average Bonchev–Trinajstić information content (AvgIpc) is 3.28. The standard InChI is InChI=1S/C26H34N4O2.HI/c1-3-27-26(29-19(2)25-16-22-6-4-5-7-24(22)32-25)28-17-20-8-10-23(11-9-20)30-14-12-21(18-31)13-15-30;/h4-11,16,19,21,31H,3,12-15,17-18H2,1-2H3,(H2,27,28,29);1H. The molecule has 6 nitrogen and oxygen atoms in total. The molecule has 1 unspecified atom stereocenters. The molecular weight excluding hydrogens is 527 g/mol. The van der Waals surface area contributed by atoms with Gasteiger partial charge in [0.2, 0.25) is 0 Å². The second-order valence-corrected chi connectivity index (χ2v) is 8.53. The van der Waals surface area contributed by atoms with Gasteiger partial charge in [0.15, 0.2) is 5.96 Å². The Morgan fingerprint density at radius 3 is 2.55 bits per heavy atom. The highest BCUT2D eigenvalue weighted by atomic mass is 127. The van der Waals surface area contributed by atoms with E-state index in [0.29, 0.717) is 19.1 Å². The Kier molecular flexibility index (Phi) is 9.43. The minimum Gasteiger partial charge on any atom is -0.459 e. The number of benzene rings is 2. The van der Waals surface area contributed by atoms with Gasteiger partial charge in [-0.1, -0.05) is 30.3 Å². The third-order valence-corrected chi connectivity index (χ3v) is 6.16. The van der Waals surface area contributed by atoms with Gasteiger partial charge in [0.25, 0.3) is 0 Å². The molecule has 178 valence electrons. The summed E-state index contributed by atoms with van der Waals surface area (Å²) in [5.74, 6) is 2.13. The topological polar surface area (TPSA) is 73.0 Å². The fourth-order valence-corrected chi connectivity index (χ4v) is 4.17. The maximum Gasteiger partial charge on any atom is 0.192 e. The molecular formula is C26H35IN4O2. The number of aliphatic imine (C=N–C) groups is 1. The number of halogens is 1. The van der Waals surface area contributed by atoms with Crippen molar-refractivity contribution in [1.29, 1.82) is 0 Å². The number of nitrogens with zero attached hydrogens (tertiary/aromatic N) is 2. The third kappa shape index (κ3) is 6.63. The number of anilines is 1. The van der Waals surface area contributed by atoms with E-state index in [1.54, 1.807) is 0 Å². The molecule has 0 radical (unpaired) electrons. The molecule has 1 aliphatic heterocycles. The highest BCUT2D eigenvalue weighted by Gasteiger charge is 2.18. The Morgan fingerprint density at radius 1 is 1.15 bits per heavy atom. The number of aliphatic hydroxyl groups is 1. The minimum atomic E-state index is 0. The maximum absolute atomic E-state index is 9.33. The Hall–Kier alpha value is -2.26.